The molecule has 0 bridgehead atoms. The van der Waals surface area contributed by atoms with Crippen LogP contribution in [0.3, 0.4) is 0 Å². The Labute approximate surface area is 129 Å². The molecular weight excluding hydrogens is 314 g/mol. The summed E-state index contributed by atoms with van der Waals surface area (Å²) >= 11 is 1.50. The number of halogens is 1. The first-order chi connectivity index (χ1) is 9.76. The quantitative estimate of drug-likeness (QED) is 0.777. The summed E-state index contributed by atoms with van der Waals surface area (Å²) in [5.41, 5.74) is 6.60. The highest BCUT2D eigenvalue weighted by atomic mass is 35.5. The molecule has 2 N–H and O–H groups in total. The maximum atomic E-state index is 6.20. The molecule has 110 valence electrons. The van der Waals surface area contributed by atoms with Crippen molar-refractivity contribution in [3.05, 3.63) is 23.6 Å². The van der Waals surface area contributed by atoms with Crippen LogP contribution in [0.15, 0.2) is 22.3 Å². The predicted octanol–water partition coefficient (Wildman–Crippen LogP) is 1.53. The average Bonchev–Trinajstić information content (AvgIpc) is 3.13. The second kappa shape index (κ2) is 5.17. The minimum atomic E-state index is -0.423. The first-order valence-electron chi connectivity index (χ1n) is 6.21. The summed E-state index contributed by atoms with van der Waals surface area (Å²) < 4.78 is 6.92. The third-order valence-corrected chi connectivity index (χ3v) is 4.44. The van der Waals surface area contributed by atoms with Crippen LogP contribution in [0, 0.1) is 0 Å². The van der Waals surface area contributed by atoms with Crippen LogP contribution in [0.5, 0.6) is 0 Å². The van der Waals surface area contributed by atoms with E-state index < -0.39 is 5.54 Å². The fourth-order valence-electron chi connectivity index (χ4n) is 2.21. The summed E-state index contributed by atoms with van der Waals surface area (Å²) in [7, 11) is 0. The van der Waals surface area contributed by atoms with Gasteiger partial charge < -0.3 is 10.3 Å². The third kappa shape index (κ3) is 2.23. The molecule has 0 unspecified atom stereocenters. The van der Waals surface area contributed by atoms with Gasteiger partial charge in [-0.05, 0) is 41.1 Å². The molecule has 3 heterocycles. The summed E-state index contributed by atoms with van der Waals surface area (Å²) in [6.45, 7) is 0. The smallest absolute Gasteiger partial charge is 0.270 e. The van der Waals surface area contributed by atoms with Crippen LogP contribution >= 0.6 is 23.7 Å². The standard InChI is InChI=1S/C11H11N7OS.ClH/c12-11(3-1-4-11)10-14-9(19-15-10)8-7(2-5-20-8)18-6-13-16-17-18;/h2,5-6H,1,3-4,12H2;1H. The van der Waals surface area contributed by atoms with E-state index in [2.05, 4.69) is 25.7 Å². The molecular formula is C11H12ClN7OS. The topological polar surface area (TPSA) is 109 Å². The summed E-state index contributed by atoms with van der Waals surface area (Å²) in [5.74, 6) is 1.03. The van der Waals surface area contributed by atoms with E-state index in [-0.39, 0.29) is 12.4 Å². The monoisotopic (exact) mass is 325 g/mol. The first-order valence-corrected chi connectivity index (χ1v) is 7.08. The van der Waals surface area contributed by atoms with Crippen molar-refractivity contribution in [2.24, 2.45) is 5.73 Å². The number of hydrogen-bond donors (Lipinski definition) is 1. The van der Waals surface area contributed by atoms with Crippen molar-refractivity contribution in [3.63, 3.8) is 0 Å². The minimum absolute atomic E-state index is 0. The van der Waals surface area contributed by atoms with Crippen LogP contribution in [0.1, 0.15) is 25.1 Å². The van der Waals surface area contributed by atoms with Gasteiger partial charge in [-0.15, -0.1) is 28.8 Å². The Kier molecular flexibility index (Phi) is 3.47. The Hall–Kier alpha value is -1.84. The zero-order valence-electron chi connectivity index (χ0n) is 10.8. The molecule has 1 aliphatic carbocycles. The zero-order chi connectivity index (χ0) is 13.6. The normalized spacial score (nSPS) is 16.2. The molecule has 0 saturated heterocycles. The van der Waals surface area contributed by atoms with E-state index in [0.717, 1.165) is 29.8 Å². The molecule has 0 spiro atoms. The van der Waals surface area contributed by atoms with Gasteiger partial charge in [-0.2, -0.15) is 9.67 Å². The Morgan fingerprint density at radius 3 is 2.90 bits per heavy atom. The van der Waals surface area contributed by atoms with Crippen LogP contribution < -0.4 is 5.73 Å². The molecule has 10 heteroatoms. The Balaban J connectivity index is 0.00000132. The van der Waals surface area contributed by atoms with Gasteiger partial charge in [0, 0.05) is 0 Å². The summed E-state index contributed by atoms with van der Waals surface area (Å²) in [6.07, 6.45) is 4.43. The first kappa shape index (κ1) is 14.1. The van der Waals surface area contributed by atoms with E-state index >= 15 is 0 Å². The highest BCUT2D eigenvalue weighted by Crippen LogP contribution is 2.38. The Morgan fingerprint density at radius 2 is 2.24 bits per heavy atom. The van der Waals surface area contributed by atoms with Gasteiger partial charge in [0.1, 0.15) is 11.2 Å². The molecule has 8 nitrogen and oxygen atoms in total. The molecule has 0 radical (unpaired) electrons. The lowest BCUT2D eigenvalue weighted by Gasteiger charge is -2.34. The molecule has 0 atom stereocenters. The molecule has 0 amide bonds. The molecule has 0 aromatic carbocycles. The Bertz CT molecular complexity index is 733. The molecule has 3 aromatic heterocycles. The van der Waals surface area contributed by atoms with Crippen LogP contribution in [0.25, 0.3) is 16.5 Å². The van der Waals surface area contributed by atoms with Crippen LogP contribution in [-0.2, 0) is 5.54 Å². The van der Waals surface area contributed by atoms with Gasteiger partial charge in [-0.25, -0.2) is 0 Å². The summed E-state index contributed by atoms with van der Waals surface area (Å²) in [6, 6.07) is 1.90. The summed E-state index contributed by atoms with van der Waals surface area (Å²) in [4.78, 5) is 5.28. The van der Waals surface area contributed by atoms with E-state index in [0.29, 0.717) is 11.7 Å². The molecule has 21 heavy (non-hydrogen) atoms. The molecule has 1 saturated carbocycles. The van der Waals surface area contributed by atoms with E-state index in [1.165, 1.54) is 17.7 Å². The average molecular weight is 326 g/mol. The molecule has 3 aromatic rings. The molecule has 1 aliphatic rings. The van der Waals surface area contributed by atoms with Crippen molar-refractivity contribution < 1.29 is 4.52 Å². The van der Waals surface area contributed by atoms with Crippen LogP contribution in [-0.4, -0.2) is 30.3 Å². The summed E-state index contributed by atoms with van der Waals surface area (Å²) in [5, 5.41) is 17.1. The lowest BCUT2D eigenvalue weighted by molar-refractivity contribution is 0.229. The fourth-order valence-corrected chi connectivity index (χ4v) is 3.01. The van der Waals surface area contributed by atoms with Crippen LogP contribution in [0.4, 0.5) is 0 Å². The molecule has 1 fully saturated rings. The van der Waals surface area contributed by atoms with Gasteiger partial charge in [0.25, 0.3) is 5.89 Å². The Morgan fingerprint density at radius 1 is 1.38 bits per heavy atom. The zero-order valence-corrected chi connectivity index (χ0v) is 12.5. The molecule has 0 aliphatic heterocycles. The van der Waals surface area contributed by atoms with Crippen molar-refractivity contribution in [3.8, 4) is 16.5 Å². The minimum Gasteiger partial charge on any atom is -0.333 e. The number of aromatic nitrogens is 6. The third-order valence-electron chi connectivity index (χ3n) is 3.55. The number of nitrogens with zero attached hydrogens (tertiary/aromatic N) is 6. The van der Waals surface area contributed by atoms with Crippen molar-refractivity contribution in [2.75, 3.05) is 0 Å². The van der Waals surface area contributed by atoms with E-state index in [1.54, 1.807) is 4.68 Å². The highest BCUT2D eigenvalue weighted by Gasteiger charge is 2.39. The van der Waals surface area contributed by atoms with Gasteiger partial charge in [0.2, 0.25) is 0 Å². The largest absolute Gasteiger partial charge is 0.333 e. The fraction of sp³-hybridized carbons (Fsp3) is 0.364. The van der Waals surface area contributed by atoms with Crippen molar-refractivity contribution in [1.29, 1.82) is 0 Å². The number of nitrogens with two attached hydrogens (primary N) is 1. The second-order valence-corrected chi connectivity index (χ2v) is 5.74. The second-order valence-electron chi connectivity index (χ2n) is 4.82. The van der Waals surface area contributed by atoms with Crippen molar-refractivity contribution >= 4 is 23.7 Å². The van der Waals surface area contributed by atoms with Crippen molar-refractivity contribution in [2.45, 2.75) is 24.8 Å². The highest BCUT2D eigenvalue weighted by molar-refractivity contribution is 7.14. The lowest BCUT2D eigenvalue weighted by Crippen LogP contribution is -2.44. The van der Waals surface area contributed by atoms with Crippen LogP contribution in [0.2, 0.25) is 0 Å². The van der Waals surface area contributed by atoms with Gasteiger partial charge in [0.05, 0.1) is 11.2 Å². The van der Waals surface area contributed by atoms with E-state index in [9.17, 15) is 0 Å². The maximum absolute atomic E-state index is 6.20. The van der Waals surface area contributed by atoms with Gasteiger partial charge in [0.15, 0.2) is 5.82 Å². The van der Waals surface area contributed by atoms with E-state index in [4.69, 9.17) is 10.3 Å². The number of thiophene rings is 1. The van der Waals surface area contributed by atoms with Gasteiger partial charge in [-0.1, -0.05) is 5.16 Å². The maximum Gasteiger partial charge on any atom is 0.270 e. The number of rotatable bonds is 3. The van der Waals surface area contributed by atoms with Gasteiger partial charge in [-0.3, -0.25) is 0 Å². The number of tetrazole rings is 1. The predicted molar refractivity (Wildman–Crippen MR) is 77.3 cm³/mol. The van der Waals surface area contributed by atoms with Crippen molar-refractivity contribution in [1.82, 2.24) is 30.3 Å². The number of hydrogen-bond acceptors (Lipinski definition) is 8. The van der Waals surface area contributed by atoms with Gasteiger partial charge >= 0.3 is 0 Å². The lowest BCUT2D eigenvalue weighted by atomic mass is 9.77. The molecule has 4 rings (SSSR count). The SMILES string of the molecule is Cl.NC1(c2noc(-c3sccc3-n3cnnn3)n2)CCC1. The van der Waals surface area contributed by atoms with E-state index in [1.807, 2.05) is 11.4 Å².